The van der Waals surface area contributed by atoms with Crippen LogP contribution in [0.25, 0.3) is 21.9 Å². The summed E-state index contributed by atoms with van der Waals surface area (Å²) in [7, 11) is 3.03. The molecular weight excluding hydrogens is 460 g/mol. The SMILES string of the molecule is COc1cc(C)c(-c2cc(OC)cc3cc4c(c(O)c23)C(=O)c2c(O)cc(O)cc2C4(C)C)c(O)c1. The summed E-state index contributed by atoms with van der Waals surface area (Å²) < 4.78 is 10.8. The highest BCUT2D eigenvalue weighted by molar-refractivity contribution is 6.20. The van der Waals surface area contributed by atoms with Crippen molar-refractivity contribution in [2.75, 3.05) is 14.2 Å². The average molecular weight is 487 g/mol. The van der Waals surface area contributed by atoms with Crippen LogP contribution < -0.4 is 9.47 Å². The van der Waals surface area contributed by atoms with Gasteiger partial charge in [-0.3, -0.25) is 4.79 Å². The lowest BCUT2D eigenvalue weighted by molar-refractivity contribution is 0.102. The van der Waals surface area contributed by atoms with Crippen molar-refractivity contribution in [1.82, 2.24) is 0 Å². The molecule has 0 amide bonds. The second-order valence-corrected chi connectivity index (χ2v) is 9.60. The van der Waals surface area contributed by atoms with Gasteiger partial charge in [-0.25, -0.2) is 0 Å². The summed E-state index contributed by atoms with van der Waals surface area (Å²) >= 11 is 0. The van der Waals surface area contributed by atoms with Gasteiger partial charge in [0, 0.05) is 34.1 Å². The number of rotatable bonds is 3. The Hall–Kier alpha value is -4.39. The first-order valence-electron chi connectivity index (χ1n) is 11.4. The number of aryl methyl sites for hydroxylation is 1. The van der Waals surface area contributed by atoms with Gasteiger partial charge in [0.05, 0.1) is 25.3 Å². The molecule has 5 rings (SSSR count). The van der Waals surface area contributed by atoms with Gasteiger partial charge in [0.2, 0.25) is 5.78 Å². The first-order chi connectivity index (χ1) is 17.0. The Morgan fingerprint density at radius 1 is 0.722 bits per heavy atom. The van der Waals surface area contributed by atoms with Crippen LogP contribution in [0.4, 0.5) is 0 Å². The van der Waals surface area contributed by atoms with Crippen LogP contribution in [0.3, 0.4) is 0 Å². The molecule has 7 heteroatoms. The van der Waals surface area contributed by atoms with E-state index in [1.807, 2.05) is 26.8 Å². The smallest absolute Gasteiger partial charge is 0.201 e. The number of carbonyl (C=O) groups excluding carboxylic acids is 1. The molecule has 4 aromatic carbocycles. The van der Waals surface area contributed by atoms with Crippen molar-refractivity contribution in [2.45, 2.75) is 26.2 Å². The molecule has 0 saturated carbocycles. The van der Waals surface area contributed by atoms with Crippen molar-refractivity contribution >= 4 is 16.6 Å². The molecule has 184 valence electrons. The molecule has 7 nitrogen and oxygen atoms in total. The maximum absolute atomic E-state index is 13.7. The molecular formula is C29H26O7. The minimum Gasteiger partial charge on any atom is -0.508 e. The number of methoxy groups -OCH3 is 2. The largest absolute Gasteiger partial charge is 0.508 e. The molecule has 0 unspecified atom stereocenters. The number of benzene rings is 4. The molecule has 0 aliphatic heterocycles. The third kappa shape index (κ3) is 3.16. The van der Waals surface area contributed by atoms with E-state index in [9.17, 15) is 25.2 Å². The topological polar surface area (TPSA) is 116 Å². The first kappa shape index (κ1) is 23.4. The van der Waals surface area contributed by atoms with Crippen molar-refractivity contribution in [3.05, 3.63) is 70.3 Å². The molecule has 36 heavy (non-hydrogen) atoms. The summed E-state index contributed by atoms with van der Waals surface area (Å²) in [5.41, 5.74) is 1.93. The molecule has 0 bridgehead atoms. The number of fused-ring (bicyclic) bond motifs is 3. The van der Waals surface area contributed by atoms with Crippen LogP contribution in [-0.4, -0.2) is 40.4 Å². The summed E-state index contributed by atoms with van der Waals surface area (Å²) in [5.74, 6) is -0.387. The molecule has 0 spiro atoms. The van der Waals surface area contributed by atoms with E-state index >= 15 is 0 Å². The lowest BCUT2D eigenvalue weighted by Gasteiger charge is -2.35. The number of carbonyl (C=O) groups is 1. The van der Waals surface area contributed by atoms with E-state index in [4.69, 9.17) is 9.47 Å². The summed E-state index contributed by atoms with van der Waals surface area (Å²) in [6.07, 6.45) is 0. The Morgan fingerprint density at radius 2 is 1.33 bits per heavy atom. The lowest BCUT2D eigenvalue weighted by atomic mass is 9.67. The molecule has 1 aliphatic rings. The van der Waals surface area contributed by atoms with Crippen LogP contribution >= 0.6 is 0 Å². The van der Waals surface area contributed by atoms with Gasteiger partial charge < -0.3 is 29.9 Å². The van der Waals surface area contributed by atoms with Crippen LogP contribution in [0.2, 0.25) is 0 Å². The fourth-order valence-corrected chi connectivity index (χ4v) is 5.35. The number of ketones is 1. The van der Waals surface area contributed by atoms with Gasteiger partial charge in [0.15, 0.2) is 0 Å². The number of aromatic hydroxyl groups is 4. The molecule has 1 aliphatic carbocycles. The van der Waals surface area contributed by atoms with E-state index in [-0.39, 0.29) is 34.1 Å². The fourth-order valence-electron chi connectivity index (χ4n) is 5.35. The number of phenols is 4. The van der Waals surface area contributed by atoms with Crippen LogP contribution in [-0.2, 0) is 5.41 Å². The highest BCUT2D eigenvalue weighted by Gasteiger charge is 2.41. The normalized spacial score (nSPS) is 13.9. The van der Waals surface area contributed by atoms with E-state index < -0.39 is 11.2 Å². The Labute approximate surface area is 207 Å². The number of ether oxygens (including phenoxy) is 2. The second kappa shape index (κ2) is 7.81. The summed E-state index contributed by atoms with van der Waals surface area (Å²) in [6, 6.07) is 11.1. The zero-order valence-corrected chi connectivity index (χ0v) is 20.6. The zero-order valence-electron chi connectivity index (χ0n) is 20.6. The Bertz CT molecular complexity index is 1580. The van der Waals surface area contributed by atoms with E-state index in [1.165, 1.54) is 26.4 Å². The third-order valence-electron chi connectivity index (χ3n) is 7.12. The van der Waals surface area contributed by atoms with Gasteiger partial charge in [0.25, 0.3) is 0 Å². The molecule has 4 N–H and O–H groups in total. The van der Waals surface area contributed by atoms with Gasteiger partial charge in [-0.2, -0.15) is 0 Å². The first-order valence-corrected chi connectivity index (χ1v) is 11.4. The minimum absolute atomic E-state index is 0.0403. The van der Waals surface area contributed by atoms with Crippen molar-refractivity contribution in [1.29, 1.82) is 0 Å². The fraction of sp³-hybridized carbons (Fsp3) is 0.207. The third-order valence-corrected chi connectivity index (χ3v) is 7.12. The van der Waals surface area contributed by atoms with Crippen LogP contribution in [0.15, 0.2) is 42.5 Å². The molecule has 0 radical (unpaired) electrons. The molecule has 0 fully saturated rings. The van der Waals surface area contributed by atoms with Gasteiger partial charge in [-0.05, 0) is 59.3 Å². The van der Waals surface area contributed by atoms with Crippen LogP contribution in [0, 0.1) is 6.92 Å². The van der Waals surface area contributed by atoms with Crippen molar-refractivity contribution < 1.29 is 34.7 Å². The summed E-state index contributed by atoms with van der Waals surface area (Å²) in [5, 5.41) is 44.2. The van der Waals surface area contributed by atoms with E-state index in [1.54, 1.807) is 18.2 Å². The summed E-state index contributed by atoms with van der Waals surface area (Å²) in [4.78, 5) is 13.7. The molecule has 0 saturated heterocycles. The van der Waals surface area contributed by atoms with E-state index in [0.29, 0.717) is 50.1 Å². The Balaban J connectivity index is 1.92. The predicted octanol–water partition coefficient (Wildman–Crippen LogP) is 5.53. The second-order valence-electron chi connectivity index (χ2n) is 9.60. The average Bonchev–Trinajstić information content (AvgIpc) is 2.81. The Kier molecular flexibility index (Phi) is 5.07. The molecule has 4 aromatic rings. The van der Waals surface area contributed by atoms with E-state index in [2.05, 4.69) is 0 Å². The van der Waals surface area contributed by atoms with Gasteiger partial charge in [-0.15, -0.1) is 0 Å². The van der Waals surface area contributed by atoms with Crippen molar-refractivity contribution in [2.24, 2.45) is 0 Å². The molecule has 0 heterocycles. The van der Waals surface area contributed by atoms with Crippen molar-refractivity contribution in [3.63, 3.8) is 0 Å². The quantitative estimate of drug-likeness (QED) is 0.301. The van der Waals surface area contributed by atoms with Gasteiger partial charge in [-0.1, -0.05) is 13.8 Å². The van der Waals surface area contributed by atoms with E-state index in [0.717, 1.165) is 6.07 Å². The van der Waals surface area contributed by atoms with Gasteiger partial charge >= 0.3 is 0 Å². The zero-order chi connectivity index (χ0) is 26.1. The lowest BCUT2D eigenvalue weighted by Crippen LogP contribution is -2.30. The minimum atomic E-state index is -0.831. The molecule has 0 aromatic heterocycles. The monoisotopic (exact) mass is 486 g/mol. The predicted molar refractivity (Wildman–Crippen MR) is 136 cm³/mol. The number of hydrogen-bond donors (Lipinski definition) is 4. The maximum Gasteiger partial charge on any atom is 0.201 e. The maximum atomic E-state index is 13.7. The summed E-state index contributed by atoms with van der Waals surface area (Å²) in [6.45, 7) is 5.54. The highest BCUT2D eigenvalue weighted by Crippen LogP contribution is 2.52. The van der Waals surface area contributed by atoms with Crippen LogP contribution in [0.1, 0.15) is 46.5 Å². The number of phenolic OH excluding ortho intramolecular Hbond substituents is 4. The standard InChI is InChI=1S/C29H26O7/c1-13-6-16(35-4)12-22(32)23(13)18-11-17(36-5)7-14-8-19-26(27(33)24(14)18)28(34)25-20(29(19,2)3)9-15(30)10-21(25)31/h6-12,30-33H,1-5H3. The molecule has 0 atom stereocenters. The van der Waals surface area contributed by atoms with Gasteiger partial charge in [0.1, 0.15) is 34.5 Å². The Morgan fingerprint density at radius 3 is 1.97 bits per heavy atom. The van der Waals surface area contributed by atoms with Crippen molar-refractivity contribution in [3.8, 4) is 45.6 Å². The number of hydrogen-bond acceptors (Lipinski definition) is 7. The highest BCUT2D eigenvalue weighted by atomic mass is 16.5. The van der Waals surface area contributed by atoms with Crippen LogP contribution in [0.5, 0.6) is 34.5 Å².